The lowest BCUT2D eigenvalue weighted by Crippen LogP contribution is -2.18. The highest BCUT2D eigenvalue weighted by Crippen LogP contribution is 2.05. The fraction of sp³-hybridized carbons (Fsp3) is 0. The van der Waals surface area contributed by atoms with Crippen LogP contribution in [-0.2, 0) is 4.12 Å². The SMILES string of the molecule is F[Si](F)(F)O[SiH3]. The van der Waals surface area contributed by atoms with E-state index in [1.165, 1.54) is 0 Å². The fourth-order valence-corrected chi connectivity index (χ4v) is 0. The summed E-state index contributed by atoms with van der Waals surface area (Å²) in [6, 6.07) is 0. The highest BCUT2D eigenvalue weighted by Gasteiger charge is 2.38. The Morgan fingerprint density at radius 2 is 1.50 bits per heavy atom. The summed E-state index contributed by atoms with van der Waals surface area (Å²) in [7, 11) is -5.78. The van der Waals surface area contributed by atoms with Gasteiger partial charge in [-0.2, -0.15) is 0 Å². The molecule has 0 bridgehead atoms. The molecule has 0 saturated carbocycles. The van der Waals surface area contributed by atoms with Crippen molar-refractivity contribution >= 4 is 19.8 Å². The molecule has 1 nitrogen and oxygen atoms in total. The van der Waals surface area contributed by atoms with Crippen molar-refractivity contribution in [3.8, 4) is 0 Å². The summed E-state index contributed by atoms with van der Waals surface area (Å²) in [5.41, 5.74) is 0. The zero-order chi connectivity index (χ0) is 5.21. The molecule has 0 rings (SSSR count). The van der Waals surface area contributed by atoms with Crippen LogP contribution in [0, 0.1) is 0 Å². The van der Waals surface area contributed by atoms with Crippen LogP contribution in [0.4, 0.5) is 12.3 Å². The third-order valence-corrected chi connectivity index (χ3v) is 2.08. The minimum absolute atomic E-state index is 0.215. The molecule has 0 amide bonds. The average Bonchev–Trinajstić information content (AvgIpc) is 1.35. The van der Waals surface area contributed by atoms with Crippen molar-refractivity contribution in [2.45, 2.75) is 0 Å². The predicted molar refractivity (Wildman–Crippen MR) is 20.1 cm³/mol. The van der Waals surface area contributed by atoms with E-state index in [9.17, 15) is 12.3 Å². The van der Waals surface area contributed by atoms with E-state index in [0.717, 1.165) is 0 Å². The second-order valence-corrected chi connectivity index (χ2v) is 3.17. The zero-order valence-electron chi connectivity index (χ0n) is 3.04. The molecule has 6 heteroatoms. The van der Waals surface area contributed by atoms with Gasteiger partial charge in [-0.25, -0.2) is 12.3 Å². The van der Waals surface area contributed by atoms with Gasteiger partial charge in [0, 0.05) is 0 Å². The van der Waals surface area contributed by atoms with Crippen LogP contribution in [0.5, 0.6) is 0 Å². The van der Waals surface area contributed by atoms with Gasteiger partial charge in [0.25, 0.3) is 0 Å². The van der Waals surface area contributed by atoms with E-state index in [1.54, 1.807) is 0 Å². The van der Waals surface area contributed by atoms with Gasteiger partial charge in [-0.05, 0) is 0 Å². The summed E-state index contributed by atoms with van der Waals surface area (Å²) >= 11 is 0. The van der Waals surface area contributed by atoms with Crippen molar-refractivity contribution in [2.75, 3.05) is 0 Å². The molecule has 0 atom stereocenters. The quantitative estimate of drug-likeness (QED) is 0.349. The van der Waals surface area contributed by atoms with Crippen molar-refractivity contribution in [2.24, 2.45) is 0 Å². The molecule has 0 aliphatic carbocycles. The van der Waals surface area contributed by atoms with E-state index in [1.807, 2.05) is 0 Å². The smallest absolute Gasteiger partial charge is 0.394 e. The normalized spacial score (nSPS) is 12.5. The van der Waals surface area contributed by atoms with Crippen molar-refractivity contribution in [1.82, 2.24) is 0 Å². The molecule has 0 unspecified atom stereocenters. The molecule has 0 spiro atoms. The van der Waals surface area contributed by atoms with E-state index < -0.39 is 9.32 Å². The fourth-order valence-electron chi connectivity index (χ4n) is 0. The van der Waals surface area contributed by atoms with Crippen LogP contribution in [0.2, 0.25) is 0 Å². The highest BCUT2D eigenvalue weighted by atomic mass is 28.5. The molecule has 0 heterocycles. The summed E-state index contributed by atoms with van der Waals surface area (Å²) in [6.07, 6.45) is 0. The largest absolute Gasteiger partial charge is 0.791 e. The number of rotatable bonds is 1. The molecule has 0 aromatic carbocycles. The molecule has 0 saturated heterocycles. The Morgan fingerprint density at radius 3 is 1.50 bits per heavy atom. The van der Waals surface area contributed by atoms with Gasteiger partial charge < -0.3 is 4.12 Å². The summed E-state index contributed by atoms with van der Waals surface area (Å²) in [6.45, 7) is 0. The second kappa shape index (κ2) is 1.76. The maximum Gasteiger partial charge on any atom is 0.791 e. The molecule has 0 aliphatic rings. The van der Waals surface area contributed by atoms with Gasteiger partial charge in [-0.3, -0.25) is 0 Å². The maximum absolute atomic E-state index is 10.7. The average molecular weight is 132 g/mol. The first-order chi connectivity index (χ1) is 2.56. The van der Waals surface area contributed by atoms with E-state index in [4.69, 9.17) is 0 Å². The first-order valence-electron chi connectivity index (χ1n) is 1.18. The van der Waals surface area contributed by atoms with Crippen LogP contribution in [0.3, 0.4) is 0 Å². The second-order valence-electron chi connectivity index (χ2n) is 0.650. The first kappa shape index (κ1) is 6.18. The van der Waals surface area contributed by atoms with Crippen molar-refractivity contribution in [1.29, 1.82) is 0 Å². The van der Waals surface area contributed by atoms with Gasteiger partial charge in [0.15, 0.2) is 0 Å². The minimum atomic E-state index is -5.57. The van der Waals surface area contributed by atoms with Crippen molar-refractivity contribution < 1.29 is 16.4 Å². The summed E-state index contributed by atoms with van der Waals surface area (Å²) in [5.74, 6) is 0. The number of halogens is 3. The zero-order valence-corrected chi connectivity index (χ0v) is 6.04. The Morgan fingerprint density at radius 1 is 1.33 bits per heavy atom. The molecule has 0 fully saturated rings. The first-order valence-corrected chi connectivity index (χ1v) is 3.54. The van der Waals surface area contributed by atoms with Crippen molar-refractivity contribution in [3.05, 3.63) is 0 Å². The van der Waals surface area contributed by atoms with Crippen LogP contribution in [0.15, 0.2) is 0 Å². The molecule has 6 heavy (non-hydrogen) atoms. The molecular formula is H3F3OSi2. The standard InChI is InChI=1S/F3H3OSi2/c1-6(2,3)4-5/h5H3. The third-order valence-electron chi connectivity index (χ3n) is 0.231. The monoisotopic (exact) mass is 132 g/mol. The predicted octanol–water partition coefficient (Wildman–Crippen LogP) is -0.372. The van der Waals surface area contributed by atoms with Gasteiger partial charge in [0.1, 0.15) is 10.5 Å². The van der Waals surface area contributed by atoms with Gasteiger partial charge in [0.05, 0.1) is 0 Å². The Kier molecular flexibility index (Phi) is 1.81. The van der Waals surface area contributed by atoms with Gasteiger partial charge >= 0.3 is 9.32 Å². The summed E-state index contributed by atoms with van der Waals surface area (Å²) in [4.78, 5) is 0. The van der Waals surface area contributed by atoms with Crippen LogP contribution < -0.4 is 0 Å². The lowest BCUT2D eigenvalue weighted by Gasteiger charge is -1.92. The molecule has 0 aromatic rings. The maximum atomic E-state index is 10.7. The minimum Gasteiger partial charge on any atom is -0.394 e. The molecular weight excluding hydrogens is 129 g/mol. The molecule has 0 N–H and O–H groups in total. The highest BCUT2D eigenvalue weighted by molar-refractivity contribution is 6.55. The van der Waals surface area contributed by atoms with Crippen LogP contribution in [0.25, 0.3) is 0 Å². The molecule has 0 aromatic heterocycles. The Balaban J connectivity index is 3.17. The molecule has 0 radical (unpaired) electrons. The Bertz CT molecular complexity index is 38.5. The molecule has 0 aliphatic heterocycles. The van der Waals surface area contributed by atoms with E-state index in [-0.39, 0.29) is 10.5 Å². The van der Waals surface area contributed by atoms with Gasteiger partial charge in [-0.15, -0.1) is 0 Å². The Labute approximate surface area is 37.3 Å². The van der Waals surface area contributed by atoms with E-state index >= 15 is 0 Å². The summed E-state index contributed by atoms with van der Waals surface area (Å²) < 4.78 is 35.4. The number of hydrogen-bond donors (Lipinski definition) is 0. The molecule has 38 valence electrons. The van der Waals surface area contributed by atoms with E-state index in [0.29, 0.717) is 0 Å². The number of hydrogen-bond acceptors (Lipinski definition) is 1. The van der Waals surface area contributed by atoms with Crippen molar-refractivity contribution in [3.63, 3.8) is 0 Å². The Hall–Kier alpha value is 0.184. The third kappa shape index (κ3) is 4.18. The van der Waals surface area contributed by atoms with Crippen LogP contribution in [0.1, 0.15) is 0 Å². The lowest BCUT2D eigenvalue weighted by molar-refractivity contribution is 0.312. The van der Waals surface area contributed by atoms with Gasteiger partial charge in [-0.1, -0.05) is 0 Å². The van der Waals surface area contributed by atoms with Crippen LogP contribution >= 0.6 is 0 Å². The van der Waals surface area contributed by atoms with E-state index in [2.05, 4.69) is 4.12 Å². The van der Waals surface area contributed by atoms with Gasteiger partial charge in [0.2, 0.25) is 0 Å². The lowest BCUT2D eigenvalue weighted by atomic mass is 15.8. The van der Waals surface area contributed by atoms with Crippen LogP contribution in [-0.4, -0.2) is 19.8 Å². The topological polar surface area (TPSA) is 9.23 Å². The summed E-state index contributed by atoms with van der Waals surface area (Å²) in [5, 5.41) is 0.